The molecule has 5 nitrogen and oxygen atoms in total. The van der Waals surface area contributed by atoms with Gasteiger partial charge >= 0.3 is 5.97 Å². The summed E-state index contributed by atoms with van der Waals surface area (Å²) in [7, 11) is 0. The maximum atomic E-state index is 11.3. The molecule has 0 fully saturated rings. The van der Waals surface area contributed by atoms with Crippen LogP contribution in [0, 0.1) is 20.8 Å². The molecule has 5 heteroatoms. The summed E-state index contributed by atoms with van der Waals surface area (Å²) in [5.41, 5.74) is 3.42. The summed E-state index contributed by atoms with van der Waals surface area (Å²) >= 11 is 0. The number of amides is 1. The number of carbonyl (C=O) groups excluding carboxylic acids is 1. The molecule has 0 radical (unpaired) electrons. The van der Waals surface area contributed by atoms with Crippen molar-refractivity contribution in [3.05, 3.63) is 28.8 Å². The Morgan fingerprint density at radius 2 is 1.95 bits per heavy atom. The first-order chi connectivity index (χ1) is 9.40. The van der Waals surface area contributed by atoms with E-state index in [2.05, 4.69) is 11.4 Å². The Bertz CT molecular complexity index is 497. The third-order valence-corrected chi connectivity index (χ3v) is 3.01. The van der Waals surface area contributed by atoms with Gasteiger partial charge in [0.05, 0.1) is 6.61 Å². The number of aliphatic carboxylic acids is 1. The van der Waals surface area contributed by atoms with E-state index in [4.69, 9.17) is 9.84 Å². The number of carboxylic acid groups (broad SMARTS) is 1. The van der Waals surface area contributed by atoms with Gasteiger partial charge in [-0.1, -0.05) is 6.07 Å². The standard InChI is InChI=1S/C15H21NO4/c1-10-7-11(2)12(3)13(8-10)20-6-4-5-14(17)16-9-15(18)19/h7-8H,4-6,9H2,1-3H3,(H,16,17)(H,18,19). The van der Waals surface area contributed by atoms with Gasteiger partial charge in [0.25, 0.3) is 0 Å². The molecule has 0 aromatic heterocycles. The smallest absolute Gasteiger partial charge is 0.322 e. The fourth-order valence-electron chi connectivity index (χ4n) is 1.83. The molecular formula is C15H21NO4. The Balaban J connectivity index is 2.35. The molecule has 20 heavy (non-hydrogen) atoms. The zero-order chi connectivity index (χ0) is 15.1. The molecule has 0 atom stereocenters. The minimum Gasteiger partial charge on any atom is -0.493 e. The highest BCUT2D eigenvalue weighted by Gasteiger charge is 2.06. The molecule has 1 amide bonds. The van der Waals surface area contributed by atoms with Crippen molar-refractivity contribution >= 4 is 11.9 Å². The normalized spacial score (nSPS) is 10.2. The first-order valence-electron chi connectivity index (χ1n) is 6.59. The minimum absolute atomic E-state index is 0.261. The SMILES string of the molecule is Cc1cc(C)c(C)c(OCCCC(=O)NCC(=O)O)c1. The van der Waals surface area contributed by atoms with Gasteiger partial charge in [-0.3, -0.25) is 9.59 Å². The minimum atomic E-state index is -1.04. The highest BCUT2D eigenvalue weighted by molar-refractivity contribution is 5.80. The van der Waals surface area contributed by atoms with E-state index >= 15 is 0 Å². The van der Waals surface area contributed by atoms with Crippen molar-refractivity contribution in [3.8, 4) is 5.75 Å². The van der Waals surface area contributed by atoms with Gasteiger partial charge in [0.1, 0.15) is 12.3 Å². The maximum absolute atomic E-state index is 11.3. The van der Waals surface area contributed by atoms with Crippen LogP contribution in [0.4, 0.5) is 0 Å². The highest BCUT2D eigenvalue weighted by atomic mass is 16.5. The molecule has 0 saturated carbocycles. The van der Waals surface area contributed by atoms with Crippen molar-refractivity contribution in [3.63, 3.8) is 0 Å². The van der Waals surface area contributed by atoms with Gasteiger partial charge in [-0.2, -0.15) is 0 Å². The van der Waals surface area contributed by atoms with Gasteiger partial charge in [0, 0.05) is 6.42 Å². The lowest BCUT2D eigenvalue weighted by atomic mass is 10.1. The summed E-state index contributed by atoms with van der Waals surface area (Å²) in [5.74, 6) is -0.470. The van der Waals surface area contributed by atoms with Gasteiger partial charge in [0.15, 0.2) is 0 Å². The van der Waals surface area contributed by atoms with Crippen molar-refractivity contribution in [2.75, 3.05) is 13.2 Å². The predicted octanol–water partition coefficient (Wildman–Crippen LogP) is 1.97. The van der Waals surface area contributed by atoms with Crippen LogP contribution < -0.4 is 10.1 Å². The van der Waals surface area contributed by atoms with E-state index in [1.807, 2.05) is 26.8 Å². The molecule has 0 heterocycles. The van der Waals surface area contributed by atoms with Crippen LogP contribution in [0.5, 0.6) is 5.75 Å². The number of carbonyl (C=O) groups is 2. The van der Waals surface area contributed by atoms with E-state index in [-0.39, 0.29) is 18.9 Å². The fourth-order valence-corrected chi connectivity index (χ4v) is 1.83. The van der Waals surface area contributed by atoms with Crippen LogP contribution >= 0.6 is 0 Å². The number of hydrogen-bond acceptors (Lipinski definition) is 3. The first kappa shape index (κ1) is 16.0. The van der Waals surface area contributed by atoms with Crippen molar-refractivity contribution in [2.24, 2.45) is 0 Å². The summed E-state index contributed by atoms with van der Waals surface area (Å²) in [6, 6.07) is 4.08. The molecule has 1 aromatic carbocycles. The van der Waals surface area contributed by atoms with Crippen LogP contribution in [0.1, 0.15) is 29.5 Å². The lowest BCUT2D eigenvalue weighted by Crippen LogP contribution is -2.29. The monoisotopic (exact) mass is 279 g/mol. The Kier molecular flexibility index (Phi) is 6.03. The third-order valence-electron chi connectivity index (χ3n) is 3.01. The van der Waals surface area contributed by atoms with Crippen molar-refractivity contribution in [1.29, 1.82) is 0 Å². The second kappa shape index (κ2) is 7.53. The Labute approximate surface area is 118 Å². The van der Waals surface area contributed by atoms with Crippen molar-refractivity contribution < 1.29 is 19.4 Å². The molecule has 0 saturated heterocycles. The lowest BCUT2D eigenvalue weighted by Gasteiger charge is -2.12. The van der Waals surface area contributed by atoms with E-state index in [1.54, 1.807) is 0 Å². The molecule has 0 unspecified atom stereocenters. The summed E-state index contributed by atoms with van der Waals surface area (Å²) in [4.78, 5) is 21.6. The molecule has 2 N–H and O–H groups in total. The number of rotatable bonds is 7. The molecular weight excluding hydrogens is 258 g/mol. The number of nitrogens with one attached hydrogen (secondary N) is 1. The maximum Gasteiger partial charge on any atom is 0.322 e. The lowest BCUT2D eigenvalue weighted by molar-refractivity contribution is -0.137. The largest absolute Gasteiger partial charge is 0.493 e. The van der Waals surface area contributed by atoms with Gasteiger partial charge < -0.3 is 15.2 Å². The van der Waals surface area contributed by atoms with Gasteiger partial charge in [-0.15, -0.1) is 0 Å². The molecule has 1 rings (SSSR count). The topological polar surface area (TPSA) is 75.6 Å². The average Bonchev–Trinajstić information content (AvgIpc) is 2.37. The van der Waals surface area contributed by atoms with Crippen LogP contribution in [0.15, 0.2) is 12.1 Å². The van der Waals surface area contributed by atoms with Crippen molar-refractivity contribution in [1.82, 2.24) is 5.32 Å². The van der Waals surface area contributed by atoms with Crippen LogP contribution in [-0.2, 0) is 9.59 Å². The van der Waals surface area contributed by atoms with E-state index in [9.17, 15) is 9.59 Å². The van der Waals surface area contributed by atoms with E-state index < -0.39 is 5.97 Å². The van der Waals surface area contributed by atoms with E-state index in [1.165, 1.54) is 5.56 Å². The Morgan fingerprint density at radius 1 is 1.25 bits per heavy atom. The summed E-state index contributed by atoms with van der Waals surface area (Å²) in [5, 5.41) is 10.7. The van der Waals surface area contributed by atoms with Crippen LogP contribution in [0.3, 0.4) is 0 Å². The zero-order valence-electron chi connectivity index (χ0n) is 12.2. The number of hydrogen-bond donors (Lipinski definition) is 2. The van der Waals surface area contributed by atoms with Crippen molar-refractivity contribution in [2.45, 2.75) is 33.6 Å². The molecule has 0 spiro atoms. The number of benzene rings is 1. The van der Waals surface area contributed by atoms with Crippen LogP contribution in [0.25, 0.3) is 0 Å². The van der Waals surface area contributed by atoms with E-state index in [0.717, 1.165) is 16.9 Å². The summed E-state index contributed by atoms with van der Waals surface area (Å²) < 4.78 is 5.68. The fraction of sp³-hybridized carbons (Fsp3) is 0.467. The van der Waals surface area contributed by atoms with E-state index in [0.29, 0.717) is 13.0 Å². The summed E-state index contributed by atoms with van der Waals surface area (Å²) in [6.07, 6.45) is 0.814. The first-order valence-corrected chi connectivity index (χ1v) is 6.59. The molecule has 110 valence electrons. The Morgan fingerprint density at radius 3 is 2.60 bits per heavy atom. The van der Waals surface area contributed by atoms with Gasteiger partial charge in [0.2, 0.25) is 5.91 Å². The second-order valence-electron chi connectivity index (χ2n) is 4.83. The number of aryl methyl sites for hydroxylation is 2. The molecule has 0 aliphatic carbocycles. The highest BCUT2D eigenvalue weighted by Crippen LogP contribution is 2.23. The average molecular weight is 279 g/mol. The van der Waals surface area contributed by atoms with Gasteiger partial charge in [-0.05, 0) is 49.9 Å². The molecule has 0 aliphatic heterocycles. The Hall–Kier alpha value is -2.04. The van der Waals surface area contributed by atoms with Gasteiger partial charge in [-0.25, -0.2) is 0 Å². The van der Waals surface area contributed by atoms with Crippen LogP contribution in [-0.4, -0.2) is 30.1 Å². The molecule has 1 aromatic rings. The quantitative estimate of drug-likeness (QED) is 0.748. The summed E-state index contributed by atoms with van der Waals surface area (Å²) in [6.45, 7) is 6.15. The third kappa shape index (κ3) is 5.30. The zero-order valence-corrected chi connectivity index (χ0v) is 12.2. The van der Waals surface area contributed by atoms with Crippen LogP contribution in [0.2, 0.25) is 0 Å². The molecule has 0 aliphatic rings. The second-order valence-corrected chi connectivity index (χ2v) is 4.83. The molecule has 0 bridgehead atoms. The number of ether oxygens (including phenoxy) is 1. The number of carboxylic acids is 1. The predicted molar refractivity (Wildman–Crippen MR) is 76.0 cm³/mol.